The molecule has 0 saturated carbocycles. The van der Waals surface area contributed by atoms with Crippen molar-refractivity contribution in [1.82, 2.24) is 9.97 Å². The number of methoxy groups -OCH3 is 1. The fourth-order valence-electron chi connectivity index (χ4n) is 2.91. The number of para-hydroxylation sites is 1. The number of nitrogens with zero attached hydrogens (tertiary/aromatic N) is 3. The van der Waals surface area contributed by atoms with Crippen molar-refractivity contribution in [2.75, 3.05) is 12.0 Å². The molecule has 4 aromatic rings. The Balaban J connectivity index is 1.82. The quantitative estimate of drug-likeness (QED) is 0.387. The number of benzene rings is 2. The summed E-state index contributed by atoms with van der Waals surface area (Å²) in [5.41, 5.74) is 1.89. The number of amides is 1. The van der Waals surface area contributed by atoms with Gasteiger partial charge in [-0.3, -0.25) is 14.7 Å². The van der Waals surface area contributed by atoms with E-state index in [4.69, 9.17) is 27.9 Å². The zero-order chi connectivity index (χ0) is 20.4. The second-order valence-electron chi connectivity index (χ2n) is 6.18. The average molecular weight is 444 g/mol. The number of fused-ring (bicyclic) bond motifs is 1. The minimum Gasteiger partial charge on any atom is -0.496 e. The van der Waals surface area contributed by atoms with Crippen molar-refractivity contribution in [2.45, 2.75) is 6.54 Å². The zero-order valence-electron chi connectivity index (χ0n) is 15.3. The summed E-state index contributed by atoms with van der Waals surface area (Å²) in [6, 6.07) is 14.2. The Morgan fingerprint density at radius 3 is 2.76 bits per heavy atom. The number of aromatic nitrogens is 2. The van der Waals surface area contributed by atoms with Crippen LogP contribution in [0.2, 0.25) is 10.0 Å². The number of anilines is 1. The van der Waals surface area contributed by atoms with Crippen molar-refractivity contribution in [3.05, 3.63) is 82.1 Å². The molecule has 0 aliphatic heterocycles. The number of carbonyl (C=O) groups is 1. The van der Waals surface area contributed by atoms with Crippen LogP contribution in [-0.4, -0.2) is 23.0 Å². The Hall–Kier alpha value is -2.67. The Kier molecular flexibility index (Phi) is 5.67. The highest BCUT2D eigenvalue weighted by Gasteiger charge is 2.25. The molecule has 0 spiro atoms. The van der Waals surface area contributed by atoms with Crippen molar-refractivity contribution < 1.29 is 9.53 Å². The van der Waals surface area contributed by atoms with Crippen LogP contribution in [0.5, 0.6) is 5.75 Å². The Morgan fingerprint density at radius 1 is 1.17 bits per heavy atom. The predicted molar refractivity (Wildman–Crippen MR) is 117 cm³/mol. The van der Waals surface area contributed by atoms with Gasteiger partial charge in [0.25, 0.3) is 5.91 Å². The van der Waals surface area contributed by atoms with Gasteiger partial charge in [-0.25, -0.2) is 4.98 Å². The molecular weight excluding hydrogens is 429 g/mol. The van der Waals surface area contributed by atoms with Crippen LogP contribution < -0.4 is 9.64 Å². The Labute approximate surface area is 181 Å². The highest BCUT2D eigenvalue weighted by molar-refractivity contribution is 7.22. The van der Waals surface area contributed by atoms with Gasteiger partial charge in [0.1, 0.15) is 11.3 Å². The summed E-state index contributed by atoms with van der Waals surface area (Å²) in [6.45, 7) is 0.291. The molecule has 4 rings (SSSR count). The van der Waals surface area contributed by atoms with Crippen LogP contribution in [0.25, 0.3) is 10.2 Å². The summed E-state index contributed by atoms with van der Waals surface area (Å²) in [6.07, 6.45) is 3.41. The van der Waals surface area contributed by atoms with E-state index in [-0.39, 0.29) is 5.91 Å². The van der Waals surface area contributed by atoms with Crippen LogP contribution in [0.4, 0.5) is 5.13 Å². The minimum absolute atomic E-state index is 0.275. The van der Waals surface area contributed by atoms with Gasteiger partial charge in [-0.05, 0) is 42.0 Å². The van der Waals surface area contributed by atoms with Crippen molar-refractivity contribution in [1.29, 1.82) is 0 Å². The summed E-state index contributed by atoms with van der Waals surface area (Å²) in [5, 5.41) is 1.52. The number of thiazole rings is 1. The van der Waals surface area contributed by atoms with E-state index in [0.29, 0.717) is 38.6 Å². The lowest BCUT2D eigenvalue weighted by Gasteiger charge is -2.21. The molecule has 146 valence electrons. The zero-order valence-corrected chi connectivity index (χ0v) is 17.6. The lowest BCUT2D eigenvalue weighted by molar-refractivity contribution is 0.0982. The molecule has 8 heteroatoms. The van der Waals surface area contributed by atoms with Gasteiger partial charge in [0.05, 0.1) is 28.9 Å². The molecule has 0 saturated heterocycles. The first-order valence-electron chi connectivity index (χ1n) is 8.66. The van der Waals surface area contributed by atoms with Gasteiger partial charge in [0, 0.05) is 17.4 Å². The van der Waals surface area contributed by atoms with E-state index in [9.17, 15) is 4.79 Å². The lowest BCUT2D eigenvalue weighted by Crippen LogP contribution is -2.30. The largest absolute Gasteiger partial charge is 0.496 e. The highest BCUT2D eigenvalue weighted by atomic mass is 35.5. The second-order valence-corrected chi connectivity index (χ2v) is 8.03. The molecular formula is C21H15Cl2N3O2S. The number of carbonyl (C=O) groups excluding carboxylic acids is 1. The SMILES string of the molecule is COc1ccc(Cl)cc1C(=O)N(Cc1cccnc1)c1nc2c(Cl)cccc2s1. The second kappa shape index (κ2) is 8.37. The number of rotatable bonds is 5. The molecule has 0 unspecified atom stereocenters. The third kappa shape index (κ3) is 4.05. The van der Waals surface area contributed by atoms with Crippen LogP contribution >= 0.6 is 34.5 Å². The molecule has 2 heterocycles. The number of ether oxygens (including phenoxy) is 1. The van der Waals surface area contributed by atoms with Crippen LogP contribution in [0, 0.1) is 0 Å². The standard InChI is InChI=1S/C21H15Cl2N3O2S/c1-28-17-8-7-14(22)10-15(17)20(27)26(12-13-4-3-9-24-11-13)21-25-19-16(23)5-2-6-18(19)29-21/h2-11H,12H2,1H3. The topological polar surface area (TPSA) is 55.3 Å². The first-order valence-corrected chi connectivity index (χ1v) is 10.2. The third-order valence-corrected chi connectivity index (χ3v) is 5.87. The lowest BCUT2D eigenvalue weighted by atomic mass is 10.1. The van der Waals surface area contributed by atoms with Gasteiger partial charge < -0.3 is 4.74 Å². The molecule has 0 atom stereocenters. The number of halogens is 2. The summed E-state index contributed by atoms with van der Waals surface area (Å²) >= 11 is 13.8. The third-order valence-electron chi connectivity index (χ3n) is 4.29. The molecule has 0 N–H and O–H groups in total. The summed E-state index contributed by atoms with van der Waals surface area (Å²) in [4.78, 5) is 23.9. The van der Waals surface area contributed by atoms with Gasteiger partial charge in [-0.1, -0.05) is 46.7 Å². The Bertz CT molecular complexity index is 1180. The number of hydrogen-bond donors (Lipinski definition) is 0. The average Bonchev–Trinajstić information content (AvgIpc) is 3.17. The van der Waals surface area contributed by atoms with Crippen LogP contribution in [0.3, 0.4) is 0 Å². The van der Waals surface area contributed by atoms with E-state index in [2.05, 4.69) is 9.97 Å². The molecule has 1 amide bonds. The Morgan fingerprint density at radius 2 is 2.03 bits per heavy atom. The molecule has 5 nitrogen and oxygen atoms in total. The summed E-state index contributed by atoms with van der Waals surface area (Å²) in [5.74, 6) is 0.165. The normalized spacial score (nSPS) is 10.9. The van der Waals surface area contributed by atoms with Gasteiger partial charge in [0.15, 0.2) is 5.13 Å². The van der Waals surface area contributed by atoms with Crippen molar-refractivity contribution in [3.63, 3.8) is 0 Å². The van der Waals surface area contributed by atoms with E-state index in [1.54, 1.807) is 41.6 Å². The maximum Gasteiger partial charge on any atom is 0.264 e. The smallest absolute Gasteiger partial charge is 0.264 e. The summed E-state index contributed by atoms with van der Waals surface area (Å²) in [7, 11) is 1.52. The fraction of sp³-hybridized carbons (Fsp3) is 0.0952. The monoisotopic (exact) mass is 443 g/mol. The van der Waals surface area contributed by atoms with Gasteiger partial charge >= 0.3 is 0 Å². The van der Waals surface area contributed by atoms with E-state index >= 15 is 0 Å². The fourth-order valence-corrected chi connectivity index (χ4v) is 4.35. The summed E-state index contributed by atoms with van der Waals surface area (Å²) < 4.78 is 6.28. The maximum atomic E-state index is 13.5. The first-order chi connectivity index (χ1) is 14.1. The minimum atomic E-state index is -0.275. The van der Waals surface area contributed by atoms with Crippen LogP contribution in [-0.2, 0) is 6.54 Å². The number of hydrogen-bond acceptors (Lipinski definition) is 5. The van der Waals surface area contributed by atoms with Gasteiger partial charge in [-0.2, -0.15) is 0 Å². The van der Waals surface area contributed by atoms with Crippen LogP contribution in [0.15, 0.2) is 60.9 Å². The van der Waals surface area contributed by atoms with E-state index in [1.165, 1.54) is 18.4 Å². The van der Waals surface area contributed by atoms with Gasteiger partial charge in [0.2, 0.25) is 0 Å². The molecule has 2 aromatic carbocycles. The van der Waals surface area contributed by atoms with Crippen molar-refractivity contribution in [3.8, 4) is 5.75 Å². The van der Waals surface area contributed by atoms with E-state index in [1.807, 2.05) is 24.3 Å². The molecule has 2 aromatic heterocycles. The van der Waals surface area contributed by atoms with Crippen molar-refractivity contribution >= 4 is 55.8 Å². The van der Waals surface area contributed by atoms with Gasteiger partial charge in [-0.15, -0.1) is 0 Å². The molecule has 29 heavy (non-hydrogen) atoms. The maximum absolute atomic E-state index is 13.5. The van der Waals surface area contributed by atoms with E-state index in [0.717, 1.165) is 10.3 Å². The number of pyridine rings is 1. The molecule has 0 bridgehead atoms. The highest BCUT2D eigenvalue weighted by Crippen LogP contribution is 2.35. The van der Waals surface area contributed by atoms with E-state index < -0.39 is 0 Å². The first kappa shape index (κ1) is 19.6. The molecule has 0 fully saturated rings. The molecule has 0 aliphatic carbocycles. The van der Waals surface area contributed by atoms with Crippen LogP contribution in [0.1, 0.15) is 15.9 Å². The predicted octanol–water partition coefficient (Wildman–Crippen LogP) is 5.85. The molecule has 0 radical (unpaired) electrons. The molecule has 0 aliphatic rings. The van der Waals surface area contributed by atoms with Crippen molar-refractivity contribution in [2.24, 2.45) is 0 Å².